The quantitative estimate of drug-likeness (QED) is 0.564. The highest BCUT2D eigenvalue weighted by Crippen LogP contribution is 2.01. The molecule has 0 radical (unpaired) electrons. The second kappa shape index (κ2) is 4.18. The van der Waals surface area contributed by atoms with Crippen LogP contribution < -0.4 is 0 Å². The van der Waals surface area contributed by atoms with Crippen molar-refractivity contribution in [1.29, 1.82) is 0 Å². The molecule has 0 unspecified atom stereocenters. The fourth-order valence-electron chi connectivity index (χ4n) is 0.970. The number of nitrogens with zero attached hydrogens (tertiary/aromatic N) is 2. The number of hydrogen-bond acceptors (Lipinski definition) is 7. The summed E-state index contributed by atoms with van der Waals surface area (Å²) in [6, 6.07) is 0. The first kappa shape index (κ1) is 9.13. The summed E-state index contributed by atoms with van der Waals surface area (Å²) >= 11 is 0. The summed E-state index contributed by atoms with van der Waals surface area (Å²) in [5.74, 6) is 0. The van der Waals surface area contributed by atoms with Crippen LogP contribution in [0.15, 0.2) is 9.98 Å². The van der Waals surface area contributed by atoms with Crippen LogP contribution in [0.5, 0.6) is 0 Å². The Morgan fingerprint density at radius 2 is 1.57 bits per heavy atom. The third-order valence-electron chi connectivity index (χ3n) is 1.52. The van der Waals surface area contributed by atoms with E-state index in [4.69, 9.17) is 18.8 Å². The minimum atomic E-state index is -1.50. The van der Waals surface area contributed by atoms with E-state index in [1.165, 1.54) is 0 Å². The van der Waals surface area contributed by atoms with E-state index in [2.05, 4.69) is 9.98 Å². The minimum absolute atomic E-state index is 0.0242. The summed E-state index contributed by atoms with van der Waals surface area (Å²) in [6.07, 6.45) is 0.0483. The Morgan fingerprint density at radius 3 is 1.93 bits per heavy atom. The first-order chi connectivity index (χ1) is 6.84. The molecule has 2 aliphatic rings. The third kappa shape index (κ3) is 2.29. The van der Waals surface area contributed by atoms with Crippen molar-refractivity contribution < 1.29 is 23.8 Å². The molecule has 0 saturated heterocycles. The van der Waals surface area contributed by atoms with Crippen molar-refractivity contribution in [2.75, 3.05) is 26.3 Å². The molecule has 0 spiro atoms. The van der Waals surface area contributed by atoms with Crippen LogP contribution in [0.2, 0.25) is 0 Å². The SMILES string of the molecule is OB(OC1=NCCO1)OC1=NCCO1. The van der Waals surface area contributed by atoms with Gasteiger partial charge in [0, 0.05) is 0 Å². The maximum Gasteiger partial charge on any atom is 0.791 e. The largest absolute Gasteiger partial charge is 0.791 e. The molecule has 2 rings (SSSR count). The highest BCUT2D eigenvalue weighted by molar-refractivity contribution is 6.40. The second-order valence-electron chi connectivity index (χ2n) is 2.53. The van der Waals surface area contributed by atoms with Crippen LogP contribution in [0.25, 0.3) is 0 Å². The van der Waals surface area contributed by atoms with E-state index in [9.17, 15) is 5.02 Å². The molecule has 7 nitrogen and oxygen atoms in total. The van der Waals surface area contributed by atoms with Crippen molar-refractivity contribution in [3.05, 3.63) is 0 Å². The van der Waals surface area contributed by atoms with Crippen LogP contribution in [-0.4, -0.2) is 50.8 Å². The number of hydrogen-bond donors (Lipinski definition) is 1. The predicted molar refractivity (Wildman–Crippen MR) is 46.7 cm³/mol. The van der Waals surface area contributed by atoms with Crippen LogP contribution in [0, 0.1) is 0 Å². The Morgan fingerprint density at radius 1 is 1.07 bits per heavy atom. The maximum absolute atomic E-state index is 9.20. The van der Waals surface area contributed by atoms with Crippen molar-refractivity contribution in [3.8, 4) is 0 Å². The van der Waals surface area contributed by atoms with Gasteiger partial charge in [0.15, 0.2) is 0 Å². The van der Waals surface area contributed by atoms with Gasteiger partial charge in [0.25, 0.3) is 0 Å². The predicted octanol–water partition coefficient (Wildman–Crippen LogP) is -1.23. The zero-order valence-electron chi connectivity index (χ0n) is 7.38. The topological polar surface area (TPSA) is 81.9 Å². The lowest BCUT2D eigenvalue weighted by molar-refractivity contribution is 0.187. The second-order valence-corrected chi connectivity index (χ2v) is 2.53. The van der Waals surface area contributed by atoms with Crippen molar-refractivity contribution >= 4 is 19.5 Å². The molecule has 2 heterocycles. The lowest BCUT2D eigenvalue weighted by atomic mass is 10.2. The number of rotatable bonds is 2. The molecule has 0 aromatic rings. The van der Waals surface area contributed by atoms with Gasteiger partial charge in [0.1, 0.15) is 13.2 Å². The van der Waals surface area contributed by atoms with Crippen LogP contribution in [0.3, 0.4) is 0 Å². The minimum Gasteiger partial charge on any atom is -0.458 e. The van der Waals surface area contributed by atoms with Crippen LogP contribution in [-0.2, 0) is 18.8 Å². The lowest BCUT2D eigenvalue weighted by Gasteiger charge is -2.08. The van der Waals surface area contributed by atoms with Crippen LogP contribution in [0.1, 0.15) is 0 Å². The van der Waals surface area contributed by atoms with E-state index in [-0.39, 0.29) is 12.2 Å². The zero-order chi connectivity index (χ0) is 9.80. The Bertz CT molecular complexity index is 243. The molecule has 1 N–H and O–H groups in total. The van der Waals surface area contributed by atoms with Crippen molar-refractivity contribution in [2.24, 2.45) is 9.98 Å². The molecule has 0 aliphatic carbocycles. The molecule has 8 heteroatoms. The molecule has 0 saturated carbocycles. The summed E-state index contributed by atoms with van der Waals surface area (Å²) in [5.41, 5.74) is 0. The molecule has 0 aromatic carbocycles. The average molecular weight is 200 g/mol. The molecule has 2 aliphatic heterocycles. The molecule has 0 aromatic heterocycles. The Labute approximate surface area is 80.5 Å². The van der Waals surface area contributed by atoms with E-state index in [0.29, 0.717) is 26.3 Å². The van der Waals surface area contributed by atoms with Gasteiger partial charge in [-0.05, 0) is 0 Å². The lowest BCUT2D eigenvalue weighted by Crippen LogP contribution is -2.29. The molecule has 0 atom stereocenters. The zero-order valence-corrected chi connectivity index (χ0v) is 7.38. The summed E-state index contributed by atoms with van der Waals surface area (Å²) in [4.78, 5) is 7.60. The fourth-order valence-corrected chi connectivity index (χ4v) is 0.970. The average Bonchev–Trinajstić information content (AvgIpc) is 2.76. The van der Waals surface area contributed by atoms with Gasteiger partial charge in [-0.15, -0.1) is 0 Å². The Balaban J connectivity index is 1.74. The van der Waals surface area contributed by atoms with Crippen molar-refractivity contribution in [1.82, 2.24) is 0 Å². The van der Waals surface area contributed by atoms with E-state index in [1.807, 2.05) is 0 Å². The highest BCUT2D eigenvalue weighted by Gasteiger charge is 2.28. The smallest absolute Gasteiger partial charge is 0.458 e. The summed E-state index contributed by atoms with van der Waals surface area (Å²) in [5, 5.41) is 9.20. The molecule has 0 fully saturated rings. The first-order valence-electron chi connectivity index (χ1n) is 4.20. The van der Waals surface area contributed by atoms with Gasteiger partial charge in [-0.25, -0.2) is 9.98 Å². The molecular weight excluding hydrogens is 191 g/mol. The summed E-state index contributed by atoms with van der Waals surface area (Å²) in [7, 11) is -1.50. The highest BCUT2D eigenvalue weighted by atomic mass is 16.8. The van der Waals surface area contributed by atoms with E-state index in [0.717, 1.165) is 0 Å². The Kier molecular flexibility index (Phi) is 2.73. The van der Waals surface area contributed by atoms with Gasteiger partial charge in [-0.1, -0.05) is 0 Å². The third-order valence-corrected chi connectivity index (χ3v) is 1.52. The first-order valence-corrected chi connectivity index (χ1v) is 4.20. The fraction of sp³-hybridized carbons (Fsp3) is 0.667. The normalized spacial score (nSPS) is 19.2. The standard InChI is InChI=1S/C6H9BN2O5/c10-7(13-5-8-1-3-11-5)14-6-9-2-4-12-6/h10H,1-4H2. The van der Waals surface area contributed by atoms with E-state index >= 15 is 0 Å². The number of ether oxygens (including phenoxy) is 2. The van der Waals surface area contributed by atoms with Crippen molar-refractivity contribution in [3.63, 3.8) is 0 Å². The number of aliphatic imine (C=N–C) groups is 2. The van der Waals surface area contributed by atoms with Gasteiger partial charge in [0.05, 0.1) is 13.1 Å². The van der Waals surface area contributed by atoms with Gasteiger partial charge >= 0.3 is 19.5 Å². The van der Waals surface area contributed by atoms with Gasteiger partial charge in [-0.2, -0.15) is 0 Å². The summed E-state index contributed by atoms with van der Waals surface area (Å²) < 4.78 is 19.3. The van der Waals surface area contributed by atoms with Crippen LogP contribution in [0.4, 0.5) is 0 Å². The van der Waals surface area contributed by atoms with Crippen molar-refractivity contribution in [2.45, 2.75) is 0 Å². The molecule has 0 bridgehead atoms. The van der Waals surface area contributed by atoms with Gasteiger partial charge in [0.2, 0.25) is 0 Å². The maximum atomic E-state index is 9.20. The molecule has 0 amide bonds. The van der Waals surface area contributed by atoms with Crippen LogP contribution >= 0.6 is 0 Å². The molecule has 14 heavy (non-hydrogen) atoms. The van der Waals surface area contributed by atoms with E-state index in [1.54, 1.807) is 0 Å². The summed E-state index contributed by atoms with van der Waals surface area (Å²) in [6.45, 7) is 1.97. The van der Waals surface area contributed by atoms with Gasteiger partial charge < -0.3 is 23.8 Å². The molecule has 76 valence electrons. The monoisotopic (exact) mass is 200 g/mol. The molecular formula is C6H9BN2O5. The van der Waals surface area contributed by atoms with Gasteiger partial charge in [-0.3, -0.25) is 0 Å². The van der Waals surface area contributed by atoms with E-state index < -0.39 is 7.32 Å². The Hall–Kier alpha value is -1.44.